The molecule has 3 rings (SSSR count). The summed E-state index contributed by atoms with van der Waals surface area (Å²) >= 11 is 0. The fourth-order valence-electron chi connectivity index (χ4n) is 5.61. The van der Waals surface area contributed by atoms with Crippen LogP contribution in [0.3, 0.4) is 0 Å². The summed E-state index contributed by atoms with van der Waals surface area (Å²) < 4.78 is 51.4. The third kappa shape index (κ3) is 12.5. The minimum absolute atomic E-state index is 0.0148. The van der Waals surface area contributed by atoms with Gasteiger partial charge in [-0.3, -0.25) is 9.59 Å². The maximum absolute atomic E-state index is 14.3. The summed E-state index contributed by atoms with van der Waals surface area (Å²) in [7, 11) is 5.69. The largest absolute Gasteiger partial charge is 0.490 e. The molecule has 0 aliphatic carbocycles. The highest BCUT2D eigenvalue weighted by Crippen LogP contribution is 2.31. The van der Waals surface area contributed by atoms with Crippen molar-refractivity contribution in [3.63, 3.8) is 0 Å². The first-order chi connectivity index (χ1) is 23.6. The van der Waals surface area contributed by atoms with Crippen LogP contribution in [0.1, 0.15) is 68.8 Å². The Kier molecular flexibility index (Phi) is 15.3. The quantitative estimate of drug-likeness (QED) is 0.279. The van der Waals surface area contributed by atoms with E-state index >= 15 is 0 Å². The van der Waals surface area contributed by atoms with Crippen LogP contribution >= 0.6 is 0 Å². The third-order valence-electron chi connectivity index (χ3n) is 8.66. The average molecular weight is 708 g/mol. The number of benzene rings is 2. The maximum Gasteiger partial charge on any atom is 0.416 e. The summed E-state index contributed by atoms with van der Waals surface area (Å²) in [6, 6.07) is 7.38. The lowest BCUT2D eigenvalue weighted by atomic mass is 10.0. The molecule has 0 unspecified atom stereocenters. The van der Waals surface area contributed by atoms with Crippen LogP contribution in [-0.4, -0.2) is 110 Å². The molecule has 4 amide bonds. The standard InChI is InChI=1S/C36H52F3N5O6/c1-24-21-44(25(2)23-45)34(47)30-20-29(41-35(48)40-28-14-12-27(13-15-28)36(37,38)39)16-17-31(30)50-26(3)10-7-8-19-49-32(24)22-43(6)33(46)11-9-18-42(4)5/h12-17,20,24-26,32,45H,7-11,18-19,21-23H2,1-6H3,(H2,40,41,48)/t24-,25+,26+,32+/m0/s1. The first kappa shape index (κ1) is 40.5. The normalized spacial score (nSPS) is 19.9. The van der Waals surface area contributed by atoms with E-state index in [0.717, 1.165) is 50.1 Å². The Morgan fingerprint density at radius 1 is 1.04 bits per heavy atom. The highest BCUT2D eigenvalue weighted by Gasteiger charge is 2.32. The lowest BCUT2D eigenvalue weighted by molar-refractivity contribution is -0.137. The van der Waals surface area contributed by atoms with Gasteiger partial charge in [-0.25, -0.2) is 4.79 Å². The number of rotatable bonds is 10. The Bertz CT molecular complexity index is 1410. The fraction of sp³-hybridized carbons (Fsp3) is 0.583. The van der Waals surface area contributed by atoms with E-state index in [4.69, 9.17) is 9.47 Å². The fourth-order valence-corrected chi connectivity index (χ4v) is 5.61. The van der Waals surface area contributed by atoms with Gasteiger partial charge in [-0.2, -0.15) is 13.2 Å². The second-order valence-electron chi connectivity index (χ2n) is 13.3. The molecule has 1 aliphatic heterocycles. The third-order valence-corrected chi connectivity index (χ3v) is 8.66. The van der Waals surface area contributed by atoms with Crippen molar-refractivity contribution in [2.24, 2.45) is 5.92 Å². The van der Waals surface area contributed by atoms with Gasteiger partial charge in [0.15, 0.2) is 0 Å². The number of hydrogen-bond acceptors (Lipinski definition) is 7. The molecule has 1 aliphatic rings. The van der Waals surface area contributed by atoms with Gasteiger partial charge < -0.3 is 39.9 Å². The summed E-state index contributed by atoms with van der Waals surface area (Å²) in [4.78, 5) is 45.3. The van der Waals surface area contributed by atoms with Gasteiger partial charge in [-0.05, 0) is 103 Å². The summed E-state index contributed by atoms with van der Waals surface area (Å²) in [6.45, 7) is 7.10. The summed E-state index contributed by atoms with van der Waals surface area (Å²) in [6.07, 6.45) is -1.72. The predicted octanol–water partition coefficient (Wildman–Crippen LogP) is 5.95. The number of urea groups is 1. The summed E-state index contributed by atoms with van der Waals surface area (Å²) in [5.74, 6) is -0.337. The van der Waals surface area contributed by atoms with E-state index in [1.54, 1.807) is 35.9 Å². The van der Waals surface area contributed by atoms with Crippen LogP contribution < -0.4 is 15.4 Å². The van der Waals surface area contributed by atoms with Gasteiger partial charge in [0.2, 0.25) is 5.91 Å². The molecule has 0 saturated heterocycles. The number of halogens is 3. The molecule has 50 heavy (non-hydrogen) atoms. The summed E-state index contributed by atoms with van der Waals surface area (Å²) in [5.41, 5.74) is -0.275. The van der Waals surface area contributed by atoms with E-state index in [2.05, 4.69) is 10.6 Å². The minimum Gasteiger partial charge on any atom is -0.490 e. The minimum atomic E-state index is -4.50. The SMILES string of the molecule is C[C@@H]1CCCCO[C@H](CN(C)C(=O)CCCN(C)C)[C@@H](C)CN([C@H](C)CO)C(=O)c2cc(NC(=O)Nc3ccc(C(F)(F)F)cc3)ccc2O1. The smallest absolute Gasteiger partial charge is 0.416 e. The number of ether oxygens (including phenoxy) is 2. The zero-order valence-electron chi connectivity index (χ0n) is 29.9. The van der Waals surface area contributed by atoms with Gasteiger partial charge in [-0.1, -0.05) is 6.92 Å². The Balaban J connectivity index is 1.86. The maximum atomic E-state index is 14.3. The van der Waals surface area contributed by atoms with Crippen molar-refractivity contribution >= 4 is 29.2 Å². The molecular formula is C36H52F3N5O6. The van der Waals surface area contributed by atoms with E-state index in [1.165, 1.54) is 6.07 Å². The molecule has 0 saturated carbocycles. The molecular weight excluding hydrogens is 655 g/mol. The van der Waals surface area contributed by atoms with Gasteiger partial charge >= 0.3 is 12.2 Å². The number of likely N-dealkylation sites (N-methyl/N-ethyl adjacent to an activating group) is 1. The van der Waals surface area contributed by atoms with Crippen LogP contribution in [0.5, 0.6) is 5.75 Å². The molecule has 3 N–H and O–H groups in total. The zero-order valence-corrected chi connectivity index (χ0v) is 29.9. The number of nitrogens with zero attached hydrogens (tertiary/aromatic N) is 3. The highest BCUT2D eigenvalue weighted by molar-refractivity contribution is 6.02. The van der Waals surface area contributed by atoms with Gasteiger partial charge in [0.1, 0.15) is 5.75 Å². The van der Waals surface area contributed by atoms with Crippen LogP contribution in [0.2, 0.25) is 0 Å². The Hall–Kier alpha value is -3.88. The zero-order chi connectivity index (χ0) is 37.0. The second-order valence-corrected chi connectivity index (χ2v) is 13.3. The number of hydrogen-bond donors (Lipinski definition) is 3. The number of aliphatic hydroxyl groups excluding tert-OH is 1. The van der Waals surface area contributed by atoms with Crippen molar-refractivity contribution in [3.05, 3.63) is 53.6 Å². The van der Waals surface area contributed by atoms with Crippen LogP contribution in [0.15, 0.2) is 42.5 Å². The number of nitrogens with one attached hydrogen (secondary N) is 2. The molecule has 0 fully saturated rings. The van der Waals surface area contributed by atoms with Gasteiger partial charge in [0, 0.05) is 50.5 Å². The van der Waals surface area contributed by atoms with Crippen LogP contribution in [-0.2, 0) is 15.7 Å². The van der Waals surface area contributed by atoms with Crippen LogP contribution in [0, 0.1) is 5.92 Å². The second kappa shape index (κ2) is 18.9. The predicted molar refractivity (Wildman–Crippen MR) is 186 cm³/mol. The Morgan fingerprint density at radius 3 is 2.34 bits per heavy atom. The molecule has 0 aromatic heterocycles. The van der Waals surface area contributed by atoms with Crippen molar-refractivity contribution in [3.8, 4) is 5.75 Å². The Labute approximate surface area is 293 Å². The number of fused-ring (bicyclic) bond motifs is 1. The number of amides is 4. The number of aliphatic hydroxyl groups is 1. The van der Waals surface area contributed by atoms with Crippen molar-refractivity contribution in [2.45, 2.75) is 77.3 Å². The molecule has 4 atom stereocenters. The number of carbonyl (C=O) groups is 3. The molecule has 278 valence electrons. The molecule has 2 aromatic rings. The average Bonchev–Trinajstić information content (AvgIpc) is 3.05. The number of anilines is 2. The molecule has 0 spiro atoms. The summed E-state index contributed by atoms with van der Waals surface area (Å²) in [5, 5.41) is 15.3. The number of carbonyl (C=O) groups excluding carboxylic acids is 3. The molecule has 1 heterocycles. The number of alkyl halides is 3. The van der Waals surface area contributed by atoms with E-state index in [1.807, 2.05) is 32.8 Å². The molecule has 11 nitrogen and oxygen atoms in total. The van der Waals surface area contributed by atoms with Gasteiger partial charge in [0.05, 0.1) is 36.0 Å². The van der Waals surface area contributed by atoms with Gasteiger partial charge in [0.25, 0.3) is 5.91 Å². The molecule has 0 bridgehead atoms. The van der Waals surface area contributed by atoms with Gasteiger partial charge in [-0.15, -0.1) is 0 Å². The van der Waals surface area contributed by atoms with E-state index < -0.39 is 29.7 Å². The van der Waals surface area contributed by atoms with Crippen molar-refractivity contribution < 1.29 is 42.1 Å². The van der Waals surface area contributed by atoms with Crippen molar-refractivity contribution in [1.82, 2.24) is 14.7 Å². The van der Waals surface area contributed by atoms with E-state index in [-0.39, 0.29) is 54.1 Å². The van der Waals surface area contributed by atoms with E-state index in [9.17, 15) is 32.7 Å². The first-order valence-corrected chi connectivity index (χ1v) is 17.1. The van der Waals surface area contributed by atoms with Crippen LogP contribution in [0.4, 0.5) is 29.3 Å². The Morgan fingerprint density at radius 2 is 1.70 bits per heavy atom. The highest BCUT2D eigenvalue weighted by atomic mass is 19.4. The molecule has 14 heteroatoms. The van der Waals surface area contributed by atoms with Crippen LogP contribution in [0.25, 0.3) is 0 Å². The van der Waals surface area contributed by atoms with E-state index in [0.29, 0.717) is 31.7 Å². The molecule has 2 aromatic carbocycles. The van der Waals surface area contributed by atoms with Crippen molar-refractivity contribution in [1.29, 1.82) is 0 Å². The molecule has 0 radical (unpaired) electrons. The topological polar surface area (TPSA) is 124 Å². The monoisotopic (exact) mass is 707 g/mol. The van der Waals surface area contributed by atoms with Crippen molar-refractivity contribution in [2.75, 3.05) is 64.6 Å². The lowest BCUT2D eigenvalue weighted by Crippen LogP contribution is -2.48. The lowest BCUT2D eigenvalue weighted by Gasteiger charge is -2.36. The first-order valence-electron chi connectivity index (χ1n) is 17.1.